The van der Waals surface area contributed by atoms with Gasteiger partial charge < -0.3 is 10.1 Å². The molecule has 2 saturated carbocycles. The monoisotopic (exact) mass is 483 g/mol. The molecule has 2 heterocycles. The van der Waals surface area contributed by atoms with Crippen molar-refractivity contribution in [2.45, 2.75) is 56.4 Å². The summed E-state index contributed by atoms with van der Waals surface area (Å²) < 4.78 is 32.9. The van der Waals surface area contributed by atoms with Crippen molar-refractivity contribution < 1.29 is 22.7 Å². The molecule has 34 heavy (non-hydrogen) atoms. The lowest BCUT2D eigenvalue weighted by Gasteiger charge is -2.18. The maximum atomic E-state index is 13.1. The van der Waals surface area contributed by atoms with Crippen molar-refractivity contribution in [2.75, 3.05) is 6.54 Å². The van der Waals surface area contributed by atoms with Crippen molar-refractivity contribution in [2.24, 2.45) is 11.3 Å². The topological polar surface area (TPSA) is 114 Å². The maximum Gasteiger partial charge on any atom is 0.240 e. The first-order valence-corrected chi connectivity index (χ1v) is 13.2. The van der Waals surface area contributed by atoms with Gasteiger partial charge in [0.15, 0.2) is 5.78 Å². The number of carbonyl (C=O) groups excluding carboxylic acids is 2. The Kier molecular flexibility index (Phi) is 5.72. The molecule has 3 aliphatic rings. The fourth-order valence-electron chi connectivity index (χ4n) is 4.87. The van der Waals surface area contributed by atoms with Crippen LogP contribution in [0, 0.1) is 18.3 Å². The SMILES string of the molecule is C=C[C@@H]1C[C@]1(CC(=O)[C@@H]1C[C@@H](Oc2nccc3cc(C)ccc23)CN1)C(=O)NS(=O)(=O)C1CC1. The van der Waals surface area contributed by atoms with Crippen LogP contribution in [0.3, 0.4) is 0 Å². The van der Waals surface area contributed by atoms with E-state index in [-0.39, 0.29) is 24.2 Å². The summed E-state index contributed by atoms with van der Waals surface area (Å²) in [6, 6.07) is 7.54. The molecule has 0 spiro atoms. The van der Waals surface area contributed by atoms with E-state index in [1.165, 1.54) is 0 Å². The summed E-state index contributed by atoms with van der Waals surface area (Å²) in [5.74, 6) is -0.371. The molecule has 1 amide bonds. The molecule has 5 rings (SSSR count). The van der Waals surface area contributed by atoms with Crippen molar-refractivity contribution in [3.05, 3.63) is 48.7 Å². The highest BCUT2D eigenvalue weighted by Gasteiger charge is 2.60. The van der Waals surface area contributed by atoms with Gasteiger partial charge in [-0.15, -0.1) is 6.58 Å². The molecule has 0 unspecified atom stereocenters. The Balaban J connectivity index is 1.23. The van der Waals surface area contributed by atoms with Gasteiger partial charge in [0.2, 0.25) is 21.8 Å². The summed E-state index contributed by atoms with van der Waals surface area (Å²) in [6.45, 7) is 6.27. The molecular weight excluding hydrogens is 454 g/mol. The number of ether oxygens (including phenoxy) is 1. The van der Waals surface area contributed by atoms with Crippen molar-refractivity contribution in [3.63, 3.8) is 0 Å². The van der Waals surface area contributed by atoms with E-state index < -0.39 is 32.6 Å². The van der Waals surface area contributed by atoms with Gasteiger partial charge in [-0.3, -0.25) is 14.3 Å². The number of nitrogens with zero attached hydrogens (tertiary/aromatic N) is 1. The van der Waals surface area contributed by atoms with Gasteiger partial charge in [0.1, 0.15) is 6.10 Å². The number of hydrogen-bond donors (Lipinski definition) is 2. The van der Waals surface area contributed by atoms with Crippen LogP contribution in [0.4, 0.5) is 0 Å². The van der Waals surface area contributed by atoms with Crippen LogP contribution in [0.1, 0.15) is 37.7 Å². The number of rotatable bonds is 9. The molecule has 0 radical (unpaired) electrons. The lowest BCUT2D eigenvalue weighted by molar-refractivity contribution is -0.130. The highest BCUT2D eigenvalue weighted by molar-refractivity contribution is 7.90. The van der Waals surface area contributed by atoms with Gasteiger partial charge in [0.05, 0.1) is 16.7 Å². The third kappa shape index (κ3) is 4.34. The molecule has 0 bridgehead atoms. The van der Waals surface area contributed by atoms with E-state index in [2.05, 4.69) is 27.7 Å². The van der Waals surface area contributed by atoms with Gasteiger partial charge in [-0.05, 0) is 49.6 Å². The minimum absolute atomic E-state index is 0.0219. The number of amides is 1. The molecule has 1 aromatic carbocycles. The number of carbonyl (C=O) groups is 2. The highest BCUT2D eigenvalue weighted by Crippen LogP contribution is 2.56. The molecule has 1 aromatic heterocycles. The minimum atomic E-state index is -3.67. The van der Waals surface area contributed by atoms with Crippen LogP contribution in [0.5, 0.6) is 5.88 Å². The average molecular weight is 484 g/mol. The number of sulfonamides is 1. The molecule has 180 valence electrons. The van der Waals surface area contributed by atoms with Crippen LogP contribution in [0.25, 0.3) is 10.8 Å². The average Bonchev–Trinajstić information content (AvgIpc) is 3.71. The standard InChI is InChI=1S/C25H29N3O5S/c1-3-17-12-25(17,24(30)28-34(31,32)19-5-6-19)13-22(29)21-11-18(14-27-21)33-23-20-7-4-15(2)10-16(20)8-9-26-23/h3-4,7-10,17-19,21,27H,1,5-6,11-14H2,2H3,(H,28,30)/t17-,18-,21+,25-/m1/s1. The fourth-order valence-corrected chi connectivity index (χ4v) is 6.26. The van der Waals surface area contributed by atoms with Crippen LogP contribution in [0.2, 0.25) is 0 Å². The van der Waals surface area contributed by atoms with E-state index in [1.54, 1.807) is 12.3 Å². The molecule has 2 N–H and O–H groups in total. The molecule has 1 saturated heterocycles. The summed E-state index contributed by atoms with van der Waals surface area (Å²) in [5.41, 5.74) is 0.120. The first-order chi connectivity index (χ1) is 16.2. The molecule has 2 aliphatic carbocycles. The summed E-state index contributed by atoms with van der Waals surface area (Å²) in [7, 11) is -3.67. The Bertz CT molecular complexity index is 1270. The summed E-state index contributed by atoms with van der Waals surface area (Å²) in [5, 5.41) is 4.67. The normalized spacial score (nSPS) is 28.4. The molecule has 4 atom stereocenters. The molecule has 1 aliphatic heterocycles. The fraction of sp³-hybridized carbons (Fsp3) is 0.480. The number of allylic oxidation sites excluding steroid dienone is 1. The first-order valence-electron chi connectivity index (χ1n) is 11.7. The lowest BCUT2D eigenvalue weighted by Crippen LogP contribution is -2.42. The van der Waals surface area contributed by atoms with Gasteiger partial charge in [-0.1, -0.05) is 23.8 Å². The van der Waals surface area contributed by atoms with E-state index in [9.17, 15) is 18.0 Å². The second-order valence-electron chi connectivity index (χ2n) is 9.80. The van der Waals surface area contributed by atoms with Gasteiger partial charge >= 0.3 is 0 Å². The lowest BCUT2D eigenvalue weighted by atomic mass is 9.92. The smallest absolute Gasteiger partial charge is 0.240 e. The van der Waals surface area contributed by atoms with Crippen LogP contribution < -0.4 is 14.8 Å². The molecule has 3 fully saturated rings. The van der Waals surface area contributed by atoms with E-state index >= 15 is 0 Å². The number of aryl methyl sites for hydroxylation is 1. The van der Waals surface area contributed by atoms with Crippen molar-refractivity contribution in [1.82, 2.24) is 15.0 Å². The number of hydrogen-bond acceptors (Lipinski definition) is 7. The van der Waals surface area contributed by atoms with Crippen LogP contribution >= 0.6 is 0 Å². The molecular formula is C25H29N3O5S. The predicted molar refractivity (Wildman–Crippen MR) is 128 cm³/mol. The minimum Gasteiger partial charge on any atom is -0.472 e. The molecule has 8 nitrogen and oxygen atoms in total. The second-order valence-corrected chi connectivity index (χ2v) is 11.8. The number of fused-ring (bicyclic) bond motifs is 1. The number of aromatic nitrogens is 1. The van der Waals surface area contributed by atoms with Crippen LogP contribution in [-0.4, -0.2) is 49.0 Å². The Morgan fingerprint density at radius 3 is 2.82 bits per heavy atom. The zero-order valence-electron chi connectivity index (χ0n) is 19.1. The van der Waals surface area contributed by atoms with Crippen molar-refractivity contribution in [1.29, 1.82) is 0 Å². The number of pyridine rings is 1. The summed E-state index contributed by atoms with van der Waals surface area (Å²) in [4.78, 5) is 30.4. The van der Waals surface area contributed by atoms with Crippen molar-refractivity contribution in [3.8, 4) is 5.88 Å². The predicted octanol–water partition coefficient (Wildman–Crippen LogP) is 2.41. The summed E-state index contributed by atoms with van der Waals surface area (Å²) in [6.07, 6.45) is 5.12. The maximum absolute atomic E-state index is 13.1. The van der Waals surface area contributed by atoms with Crippen molar-refractivity contribution >= 4 is 32.5 Å². The number of benzene rings is 1. The zero-order valence-corrected chi connectivity index (χ0v) is 19.9. The Morgan fingerprint density at radius 2 is 2.12 bits per heavy atom. The third-order valence-corrected chi connectivity index (χ3v) is 9.02. The Labute approximate surface area is 199 Å². The van der Waals surface area contributed by atoms with Crippen LogP contribution in [-0.2, 0) is 19.6 Å². The molecule has 2 aromatic rings. The van der Waals surface area contributed by atoms with E-state index in [0.29, 0.717) is 38.1 Å². The first kappa shape index (κ1) is 23.0. The van der Waals surface area contributed by atoms with E-state index in [0.717, 1.165) is 16.3 Å². The second kappa shape index (κ2) is 8.46. The zero-order chi connectivity index (χ0) is 24.1. The van der Waals surface area contributed by atoms with E-state index in [1.807, 2.05) is 25.1 Å². The number of nitrogens with one attached hydrogen (secondary N) is 2. The quantitative estimate of drug-likeness (QED) is 0.527. The van der Waals surface area contributed by atoms with Gasteiger partial charge in [-0.2, -0.15) is 0 Å². The molecule has 9 heteroatoms. The summed E-state index contributed by atoms with van der Waals surface area (Å²) >= 11 is 0. The third-order valence-electron chi connectivity index (χ3n) is 7.20. The van der Waals surface area contributed by atoms with Gasteiger partial charge in [-0.25, -0.2) is 13.4 Å². The number of Topliss-reactive ketones (excluding diaryl/α,β-unsaturated/α-hetero) is 1. The van der Waals surface area contributed by atoms with Crippen LogP contribution in [0.15, 0.2) is 43.1 Å². The Hall–Kier alpha value is -2.78. The van der Waals surface area contributed by atoms with E-state index in [4.69, 9.17) is 4.74 Å². The Morgan fingerprint density at radius 1 is 1.32 bits per heavy atom. The van der Waals surface area contributed by atoms with Gasteiger partial charge in [0.25, 0.3) is 0 Å². The number of ketones is 1. The largest absolute Gasteiger partial charge is 0.472 e. The van der Waals surface area contributed by atoms with Gasteiger partial charge in [0, 0.05) is 31.0 Å². The highest BCUT2D eigenvalue weighted by atomic mass is 32.2.